The van der Waals surface area contributed by atoms with Crippen molar-refractivity contribution in [2.75, 3.05) is 38.0 Å². The van der Waals surface area contributed by atoms with E-state index in [-0.39, 0.29) is 17.5 Å². The Labute approximate surface area is 150 Å². The van der Waals surface area contributed by atoms with Gasteiger partial charge in [-0.15, -0.1) is 0 Å². The lowest BCUT2D eigenvalue weighted by molar-refractivity contribution is -0.137. The highest BCUT2D eigenvalue weighted by Gasteiger charge is 2.49. The van der Waals surface area contributed by atoms with E-state index in [1.54, 1.807) is 4.90 Å². The Morgan fingerprint density at radius 2 is 1.85 bits per heavy atom. The molecule has 0 radical (unpaired) electrons. The molecule has 1 aliphatic carbocycles. The van der Waals surface area contributed by atoms with Crippen molar-refractivity contribution < 1.29 is 22.8 Å². The van der Waals surface area contributed by atoms with E-state index in [0.29, 0.717) is 19.5 Å². The van der Waals surface area contributed by atoms with Crippen LogP contribution in [0.5, 0.6) is 0 Å². The minimum atomic E-state index is -4.46. The van der Waals surface area contributed by atoms with Crippen LogP contribution < -0.4 is 5.32 Å². The molecule has 2 atom stereocenters. The van der Waals surface area contributed by atoms with Gasteiger partial charge < -0.3 is 15.1 Å². The lowest BCUT2D eigenvalue weighted by Crippen LogP contribution is -2.49. The fourth-order valence-electron chi connectivity index (χ4n) is 3.28. The lowest BCUT2D eigenvalue weighted by atomic mass is 10.2. The number of amides is 2. The number of nitrogens with one attached hydrogen (secondary N) is 1. The highest BCUT2D eigenvalue weighted by atomic mass is 19.4. The fourth-order valence-corrected chi connectivity index (χ4v) is 3.28. The molecule has 1 saturated heterocycles. The smallest absolute Gasteiger partial charge is 0.340 e. The van der Waals surface area contributed by atoms with Gasteiger partial charge in [-0.2, -0.15) is 13.2 Å². The third-order valence-corrected chi connectivity index (χ3v) is 5.03. The minimum absolute atomic E-state index is 0.0232. The molecule has 3 rings (SSSR count). The standard InChI is InChI=1S/C18H22F3N3O2/c1-2-23-6-8-24(9-7-23)17(26)15-11-14(15)16(25)22-13-5-3-4-12(10-13)18(19,20)21/h3-5,10,14-15H,2,6-9,11H2,1H3,(H,22,25). The number of hydrogen-bond donors (Lipinski definition) is 1. The molecule has 5 nitrogen and oxygen atoms in total. The van der Waals surface area contributed by atoms with Crippen LogP contribution in [0.3, 0.4) is 0 Å². The quantitative estimate of drug-likeness (QED) is 0.887. The number of hydrogen-bond acceptors (Lipinski definition) is 3. The van der Waals surface area contributed by atoms with E-state index in [2.05, 4.69) is 17.1 Å². The molecule has 2 fully saturated rings. The number of piperazine rings is 1. The van der Waals surface area contributed by atoms with Crippen LogP contribution >= 0.6 is 0 Å². The summed E-state index contributed by atoms with van der Waals surface area (Å²) >= 11 is 0. The van der Waals surface area contributed by atoms with Crippen LogP contribution in [0.4, 0.5) is 18.9 Å². The topological polar surface area (TPSA) is 52.7 Å². The Morgan fingerprint density at radius 3 is 2.46 bits per heavy atom. The molecule has 1 saturated carbocycles. The van der Waals surface area contributed by atoms with Crippen LogP contribution in [0.15, 0.2) is 24.3 Å². The van der Waals surface area contributed by atoms with Crippen molar-refractivity contribution >= 4 is 17.5 Å². The maximum absolute atomic E-state index is 12.7. The molecule has 1 heterocycles. The molecular formula is C18H22F3N3O2. The third kappa shape index (κ3) is 4.17. The van der Waals surface area contributed by atoms with Crippen molar-refractivity contribution in [2.24, 2.45) is 11.8 Å². The maximum atomic E-state index is 12.7. The zero-order valence-electron chi connectivity index (χ0n) is 14.6. The molecule has 2 aliphatic rings. The molecule has 142 valence electrons. The van der Waals surface area contributed by atoms with E-state index >= 15 is 0 Å². The molecule has 8 heteroatoms. The SMILES string of the molecule is CCN1CCN(C(=O)C2CC2C(=O)Nc2cccc(C(F)(F)F)c2)CC1. The van der Waals surface area contributed by atoms with Gasteiger partial charge in [0, 0.05) is 31.9 Å². The van der Waals surface area contributed by atoms with Crippen LogP contribution in [0.25, 0.3) is 0 Å². The first-order valence-corrected chi connectivity index (χ1v) is 8.79. The van der Waals surface area contributed by atoms with E-state index in [1.807, 2.05) is 0 Å². The summed E-state index contributed by atoms with van der Waals surface area (Å²) in [5.41, 5.74) is -0.716. The van der Waals surface area contributed by atoms with Crippen LogP contribution in [0.2, 0.25) is 0 Å². The molecule has 0 aromatic heterocycles. The van der Waals surface area contributed by atoms with Crippen molar-refractivity contribution in [1.82, 2.24) is 9.80 Å². The van der Waals surface area contributed by atoms with Crippen LogP contribution in [0.1, 0.15) is 18.9 Å². The summed E-state index contributed by atoms with van der Waals surface area (Å²) in [4.78, 5) is 28.8. The summed E-state index contributed by atoms with van der Waals surface area (Å²) in [6, 6.07) is 4.52. The van der Waals surface area contributed by atoms with Gasteiger partial charge in [0.15, 0.2) is 0 Å². The van der Waals surface area contributed by atoms with E-state index in [0.717, 1.165) is 31.8 Å². The van der Waals surface area contributed by atoms with Gasteiger partial charge in [-0.1, -0.05) is 13.0 Å². The molecular weight excluding hydrogens is 347 g/mol. The number of carbonyl (C=O) groups excluding carboxylic acids is 2. The highest BCUT2D eigenvalue weighted by molar-refractivity contribution is 5.99. The van der Waals surface area contributed by atoms with Gasteiger partial charge in [0.25, 0.3) is 0 Å². The number of anilines is 1. The van der Waals surface area contributed by atoms with E-state index in [9.17, 15) is 22.8 Å². The Hall–Kier alpha value is -2.09. The first kappa shape index (κ1) is 18.7. The molecule has 1 N–H and O–H groups in total. The Kier molecular flexibility index (Phi) is 5.22. The maximum Gasteiger partial charge on any atom is 0.416 e. The van der Waals surface area contributed by atoms with Crippen LogP contribution in [-0.4, -0.2) is 54.3 Å². The number of alkyl halides is 3. The largest absolute Gasteiger partial charge is 0.416 e. The van der Waals surface area contributed by atoms with E-state index in [1.165, 1.54) is 12.1 Å². The number of halogens is 3. The average molecular weight is 369 g/mol. The van der Waals surface area contributed by atoms with Crippen molar-refractivity contribution in [3.8, 4) is 0 Å². The third-order valence-electron chi connectivity index (χ3n) is 5.03. The zero-order valence-corrected chi connectivity index (χ0v) is 14.6. The Bertz CT molecular complexity index is 685. The lowest BCUT2D eigenvalue weighted by Gasteiger charge is -2.34. The normalized spacial score (nSPS) is 23.6. The average Bonchev–Trinajstić information content (AvgIpc) is 3.41. The number of carbonyl (C=O) groups is 2. The minimum Gasteiger partial charge on any atom is -0.340 e. The molecule has 2 amide bonds. The molecule has 0 bridgehead atoms. The monoisotopic (exact) mass is 369 g/mol. The van der Waals surface area contributed by atoms with Gasteiger partial charge in [0.05, 0.1) is 17.4 Å². The Balaban J connectivity index is 1.54. The highest BCUT2D eigenvalue weighted by Crippen LogP contribution is 2.41. The second-order valence-corrected chi connectivity index (χ2v) is 6.78. The van der Waals surface area contributed by atoms with Crippen LogP contribution in [0, 0.1) is 11.8 Å². The molecule has 2 unspecified atom stereocenters. The Morgan fingerprint density at radius 1 is 1.15 bits per heavy atom. The van der Waals surface area contributed by atoms with Gasteiger partial charge in [-0.25, -0.2) is 0 Å². The summed E-state index contributed by atoms with van der Waals surface area (Å²) in [5, 5.41) is 2.50. The second-order valence-electron chi connectivity index (χ2n) is 6.78. The van der Waals surface area contributed by atoms with Gasteiger partial charge in [0.1, 0.15) is 0 Å². The molecule has 0 spiro atoms. The van der Waals surface area contributed by atoms with E-state index < -0.39 is 23.6 Å². The zero-order chi connectivity index (χ0) is 18.9. The summed E-state index contributed by atoms with van der Waals surface area (Å²) in [5.74, 6) is -1.23. The van der Waals surface area contributed by atoms with Crippen molar-refractivity contribution in [3.63, 3.8) is 0 Å². The molecule has 1 aliphatic heterocycles. The number of benzene rings is 1. The van der Waals surface area contributed by atoms with Gasteiger partial charge in [0.2, 0.25) is 11.8 Å². The summed E-state index contributed by atoms with van der Waals surface area (Å²) in [6.45, 7) is 6.00. The number of nitrogens with zero attached hydrogens (tertiary/aromatic N) is 2. The van der Waals surface area contributed by atoms with Gasteiger partial charge in [-0.05, 0) is 31.2 Å². The van der Waals surface area contributed by atoms with Gasteiger partial charge in [-0.3, -0.25) is 9.59 Å². The molecule has 1 aromatic carbocycles. The molecule has 1 aromatic rings. The predicted octanol–water partition coefficient (Wildman–Crippen LogP) is 2.44. The van der Waals surface area contributed by atoms with E-state index in [4.69, 9.17) is 0 Å². The van der Waals surface area contributed by atoms with Crippen molar-refractivity contribution in [1.29, 1.82) is 0 Å². The fraction of sp³-hybridized carbons (Fsp3) is 0.556. The number of rotatable bonds is 4. The van der Waals surface area contributed by atoms with Crippen molar-refractivity contribution in [2.45, 2.75) is 19.5 Å². The van der Waals surface area contributed by atoms with Crippen LogP contribution in [-0.2, 0) is 15.8 Å². The first-order chi connectivity index (χ1) is 12.3. The summed E-state index contributed by atoms with van der Waals surface area (Å²) in [6.07, 6.45) is -4.00. The second kappa shape index (κ2) is 7.26. The first-order valence-electron chi connectivity index (χ1n) is 8.79. The summed E-state index contributed by atoms with van der Waals surface area (Å²) in [7, 11) is 0. The summed E-state index contributed by atoms with van der Waals surface area (Å²) < 4.78 is 38.2. The molecule has 26 heavy (non-hydrogen) atoms. The number of likely N-dealkylation sites (N-methyl/N-ethyl adjacent to an activating group) is 1. The van der Waals surface area contributed by atoms with Crippen molar-refractivity contribution in [3.05, 3.63) is 29.8 Å². The van der Waals surface area contributed by atoms with Gasteiger partial charge >= 0.3 is 6.18 Å². The predicted molar refractivity (Wildman–Crippen MR) is 90.4 cm³/mol.